The van der Waals surface area contributed by atoms with Crippen LogP contribution in [0.2, 0.25) is 0 Å². The molecular weight excluding hydrogens is 310 g/mol. The molecule has 0 radical (unpaired) electrons. The van der Waals surface area contributed by atoms with E-state index in [9.17, 15) is 9.59 Å². The van der Waals surface area contributed by atoms with E-state index >= 15 is 0 Å². The SMILES string of the molecule is CCOc1cc(C(=O)NC(C)CC(C)CC)ccc1OCC(=O)O. The number of carboxylic acid groups (broad SMARTS) is 1. The van der Waals surface area contributed by atoms with E-state index in [0.29, 0.717) is 29.6 Å². The molecule has 1 aromatic rings. The molecule has 24 heavy (non-hydrogen) atoms. The molecular formula is C18H27NO5. The Morgan fingerprint density at radius 1 is 1.17 bits per heavy atom. The summed E-state index contributed by atoms with van der Waals surface area (Å²) in [6, 6.07) is 4.81. The number of ether oxygens (including phenoxy) is 2. The second-order valence-electron chi connectivity index (χ2n) is 5.90. The lowest BCUT2D eigenvalue weighted by Crippen LogP contribution is -2.33. The molecule has 2 N–H and O–H groups in total. The minimum absolute atomic E-state index is 0.0749. The van der Waals surface area contributed by atoms with Crippen molar-refractivity contribution in [3.8, 4) is 11.5 Å². The summed E-state index contributed by atoms with van der Waals surface area (Å²) in [6.45, 7) is 8.00. The molecule has 6 nitrogen and oxygen atoms in total. The first kappa shape index (κ1) is 19.8. The van der Waals surface area contributed by atoms with E-state index < -0.39 is 12.6 Å². The summed E-state index contributed by atoms with van der Waals surface area (Å²) in [5.41, 5.74) is 0.456. The summed E-state index contributed by atoms with van der Waals surface area (Å²) in [5.74, 6) is -0.0369. The molecule has 1 rings (SSSR count). The summed E-state index contributed by atoms with van der Waals surface area (Å²) in [6.07, 6.45) is 1.99. The molecule has 2 atom stereocenters. The molecule has 0 heterocycles. The Morgan fingerprint density at radius 3 is 2.46 bits per heavy atom. The second kappa shape index (κ2) is 9.80. The standard InChI is InChI=1S/C18H27NO5/c1-5-12(3)9-13(4)19-18(22)14-7-8-15(24-11-17(20)21)16(10-14)23-6-2/h7-8,10,12-13H,5-6,9,11H2,1-4H3,(H,19,22)(H,20,21). The van der Waals surface area contributed by atoms with Crippen LogP contribution < -0.4 is 14.8 Å². The van der Waals surface area contributed by atoms with Crippen molar-refractivity contribution in [3.05, 3.63) is 23.8 Å². The summed E-state index contributed by atoms with van der Waals surface area (Å²) >= 11 is 0. The Balaban J connectivity index is 2.81. The first-order valence-electron chi connectivity index (χ1n) is 8.29. The smallest absolute Gasteiger partial charge is 0.341 e. The molecule has 0 aromatic heterocycles. The number of nitrogens with one attached hydrogen (secondary N) is 1. The van der Waals surface area contributed by atoms with Gasteiger partial charge >= 0.3 is 5.97 Å². The number of benzene rings is 1. The highest BCUT2D eigenvalue weighted by molar-refractivity contribution is 5.95. The van der Waals surface area contributed by atoms with Gasteiger partial charge in [0.2, 0.25) is 0 Å². The lowest BCUT2D eigenvalue weighted by Gasteiger charge is -2.18. The molecule has 0 saturated carbocycles. The van der Waals surface area contributed by atoms with Crippen molar-refractivity contribution in [2.45, 2.75) is 46.6 Å². The highest BCUT2D eigenvalue weighted by atomic mass is 16.5. The molecule has 0 spiro atoms. The van der Waals surface area contributed by atoms with Gasteiger partial charge in [0.25, 0.3) is 5.91 Å². The van der Waals surface area contributed by atoms with Gasteiger partial charge in [-0.25, -0.2) is 4.79 Å². The minimum Gasteiger partial charge on any atom is -0.490 e. The molecule has 1 aromatic carbocycles. The molecule has 0 bridgehead atoms. The fraction of sp³-hybridized carbons (Fsp3) is 0.556. The fourth-order valence-corrected chi connectivity index (χ4v) is 2.31. The summed E-state index contributed by atoms with van der Waals surface area (Å²) in [7, 11) is 0. The number of carbonyl (C=O) groups excluding carboxylic acids is 1. The molecule has 0 aliphatic carbocycles. The van der Waals surface area contributed by atoms with Crippen LogP contribution in [0.5, 0.6) is 11.5 Å². The lowest BCUT2D eigenvalue weighted by molar-refractivity contribution is -0.139. The monoisotopic (exact) mass is 337 g/mol. The average Bonchev–Trinajstić information content (AvgIpc) is 2.53. The number of rotatable bonds is 10. The Morgan fingerprint density at radius 2 is 1.88 bits per heavy atom. The van der Waals surface area contributed by atoms with Gasteiger partial charge < -0.3 is 19.9 Å². The highest BCUT2D eigenvalue weighted by Crippen LogP contribution is 2.28. The van der Waals surface area contributed by atoms with Crippen LogP contribution in [0.4, 0.5) is 0 Å². The van der Waals surface area contributed by atoms with Crippen LogP contribution in [0.15, 0.2) is 18.2 Å². The first-order chi connectivity index (χ1) is 11.4. The maximum absolute atomic E-state index is 12.4. The third-order valence-corrected chi connectivity index (χ3v) is 3.69. The van der Waals surface area contributed by atoms with Crippen LogP contribution in [0.3, 0.4) is 0 Å². The fourth-order valence-electron chi connectivity index (χ4n) is 2.31. The van der Waals surface area contributed by atoms with Crippen molar-refractivity contribution in [3.63, 3.8) is 0 Å². The first-order valence-corrected chi connectivity index (χ1v) is 8.29. The van der Waals surface area contributed by atoms with E-state index in [1.54, 1.807) is 18.2 Å². The number of aliphatic carboxylic acids is 1. The minimum atomic E-state index is -1.07. The van der Waals surface area contributed by atoms with Gasteiger partial charge in [-0.05, 0) is 44.4 Å². The molecule has 134 valence electrons. The summed E-state index contributed by atoms with van der Waals surface area (Å²) < 4.78 is 10.6. The lowest BCUT2D eigenvalue weighted by atomic mass is 10.00. The van der Waals surface area contributed by atoms with E-state index in [1.807, 2.05) is 13.8 Å². The topological polar surface area (TPSA) is 84.9 Å². The van der Waals surface area contributed by atoms with E-state index in [2.05, 4.69) is 19.2 Å². The van der Waals surface area contributed by atoms with Crippen molar-refractivity contribution >= 4 is 11.9 Å². The Kier molecular flexibility index (Phi) is 8.09. The molecule has 0 fully saturated rings. The van der Waals surface area contributed by atoms with E-state index in [1.165, 1.54) is 0 Å². The van der Waals surface area contributed by atoms with E-state index in [-0.39, 0.29) is 11.9 Å². The quantitative estimate of drug-likeness (QED) is 0.685. The van der Waals surface area contributed by atoms with Crippen molar-refractivity contribution in [2.75, 3.05) is 13.2 Å². The van der Waals surface area contributed by atoms with Gasteiger partial charge in [-0.1, -0.05) is 20.3 Å². The van der Waals surface area contributed by atoms with Crippen LogP contribution in [0.1, 0.15) is 50.9 Å². The van der Waals surface area contributed by atoms with Crippen LogP contribution in [-0.4, -0.2) is 36.2 Å². The van der Waals surface area contributed by atoms with E-state index in [4.69, 9.17) is 14.6 Å². The largest absolute Gasteiger partial charge is 0.490 e. The van der Waals surface area contributed by atoms with Crippen LogP contribution in [-0.2, 0) is 4.79 Å². The Labute approximate surface area is 143 Å². The third kappa shape index (κ3) is 6.48. The zero-order chi connectivity index (χ0) is 18.1. The zero-order valence-electron chi connectivity index (χ0n) is 14.8. The van der Waals surface area contributed by atoms with E-state index in [0.717, 1.165) is 12.8 Å². The van der Waals surface area contributed by atoms with Gasteiger partial charge in [0.1, 0.15) is 0 Å². The van der Waals surface area contributed by atoms with Crippen molar-refractivity contribution in [1.82, 2.24) is 5.32 Å². The van der Waals surface area contributed by atoms with Gasteiger partial charge in [0.05, 0.1) is 6.61 Å². The predicted octanol–water partition coefficient (Wildman–Crippen LogP) is 3.10. The van der Waals surface area contributed by atoms with Gasteiger partial charge in [-0.3, -0.25) is 4.79 Å². The molecule has 0 aliphatic rings. The molecule has 1 amide bonds. The number of carbonyl (C=O) groups is 2. The molecule has 2 unspecified atom stereocenters. The van der Waals surface area contributed by atoms with Crippen molar-refractivity contribution in [2.24, 2.45) is 5.92 Å². The number of amides is 1. The van der Waals surface area contributed by atoms with Gasteiger partial charge in [-0.15, -0.1) is 0 Å². The zero-order valence-corrected chi connectivity index (χ0v) is 14.8. The average molecular weight is 337 g/mol. The van der Waals surface area contributed by atoms with Crippen LogP contribution in [0, 0.1) is 5.92 Å². The Hall–Kier alpha value is -2.24. The second-order valence-corrected chi connectivity index (χ2v) is 5.90. The number of hydrogen-bond acceptors (Lipinski definition) is 4. The summed E-state index contributed by atoms with van der Waals surface area (Å²) in [4.78, 5) is 23.0. The Bertz CT molecular complexity index is 558. The van der Waals surface area contributed by atoms with Crippen LogP contribution in [0.25, 0.3) is 0 Å². The molecule has 0 saturated heterocycles. The summed E-state index contributed by atoms with van der Waals surface area (Å²) in [5, 5.41) is 11.7. The highest BCUT2D eigenvalue weighted by Gasteiger charge is 2.15. The van der Waals surface area contributed by atoms with Gasteiger partial charge in [-0.2, -0.15) is 0 Å². The maximum Gasteiger partial charge on any atom is 0.341 e. The number of carboxylic acids is 1. The normalized spacial score (nSPS) is 13.0. The molecule has 6 heteroatoms. The molecule has 0 aliphatic heterocycles. The van der Waals surface area contributed by atoms with Gasteiger partial charge in [0, 0.05) is 11.6 Å². The third-order valence-electron chi connectivity index (χ3n) is 3.69. The van der Waals surface area contributed by atoms with Crippen molar-refractivity contribution in [1.29, 1.82) is 0 Å². The number of hydrogen-bond donors (Lipinski definition) is 2. The van der Waals surface area contributed by atoms with Crippen molar-refractivity contribution < 1.29 is 24.2 Å². The predicted molar refractivity (Wildman–Crippen MR) is 91.7 cm³/mol. The maximum atomic E-state index is 12.4. The van der Waals surface area contributed by atoms with Gasteiger partial charge in [0.15, 0.2) is 18.1 Å². The van der Waals surface area contributed by atoms with Crippen LogP contribution >= 0.6 is 0 Å².